The van der Waals surface area contributed by atoms with E-state index in [1.165, 1.54) is 4.92 Å². The van der Waals surface area contributed by atoms with Crippen molar-refractivity contribution in [1.82, 2.24) is 19.6 Å². The highest BCUT2D eigenvalue weighted by Gasteiger charge is 2.41. The first-order chi connectivity index (χ1) is 12.4. The zero-order chi connectivity index (χ0) is 18.5. The van der Waals surface area contributed by atoms with Gasteiger partial charge in [-0.1, -0.05) is 6.92 Å². The quantitative estimate of drug-likeness (QED) is 0.638. The molecule has 0 radical (unpaired) electrons. The van der Waals surface area contributed by atoms with Gasteiger partial charge in [-0.15, -0.1) is 0 Å². The summed E-state index contributed by atoms with van der Waals surface area (Å²) in [6, 6.07) is 1.89. The van der Waals surface area contributed by atoms with Gasteiger partial charge in [0.1, 0.15) is 5.65 Å². The first-order valence-corrected chi connectivity index (χ1v) is 10.5. The molecule has 3 heterocycles. The van der Waals surface area contributed by atoms with Gasteiger partial charge in [-0.05, 0) is 25.3 Å². The smallest absolute Gasteiger partial charge is 0.428 e. The molecule has 0 amide bonds. The molecule has 1 saturated carbocycles. The topological polar surface area (TPSA) is 111 Å². The Balaban J connectivity index is 1.61. The highest BCUT2D eigenvalue weighted by atomic mass is 32.2. The van der Waals surface area contributed by atoms with Gasteiger partial charge in [-0.2, -0.15) is 5.10 Å². The van der Waals surface area contributed by atoms with Crippen LogP contribution in [0.3, 0.4) is 0 Å². The van der Waals surface area contributed by atoms with Gasteiger partial charge >= 0.3 is 7.05 Å². The van der Waals surface area contributed by atoms with Crippen molar-refractivity contribution in [1.29, 1.82) is 0 Å². The van der Waals surface area contributed by atoms with Crippen molar-refractivity contribution < 1.29 is 13.4 Å². The monoisotopic (exact) mass is 375 g/mol. The van der Waals surface area contributed by atoms with E-state index in [-0.39, 0.29) is 17.7 Å². The Labute approximate surface area is 152 Å². The highest BCUT2D eigenvalue weighted by molar-refractivity contribution is 7.89. The van der Waals surface area contributed by atoms with Crippen molar-refractivity contribution in [2.75, 3.05) is 12.8 Å². The van der Waals surface area contributed by atoms with Gasteiger partial charge in [0.15, 0.2) is 0 Å². The lowest BCUT2D eigenvalue weighted by molar-refractivity contribution is 0.315. The molecular weight excluding hydrogens is 353 g/mol. The zero-order valence-corrected chi connectivity index (χ0v) is 15.6. The molecule has 10 heteroatoms. The van der Waals surface area contributed by atoms with E-state index in [0.717, 1.165) is 27.8 Å². The van der Waals surface area contributed by atoms with Crippen LogP contribution in [0.25, 0.3) is 11.0 Å². The van der Waals surface area contributed by atoms with Crippen LogP contribution in [-0.4, -0.2) is 59.9 Å². The van der Waals surface area contributed by atoms with Crippen molar-refractivity contribution in [3.63, 3.8) is 0 Å². The van der Waals surface area contributed by atoms with Crippen LogP contribution in [0.1, 0.15) is 31.7 Å². The number of fused-ring (bicyclic) bond motifs is 3. The number of nitrogens with zero attached hydrogens (tertiary/aromatic N) is 3. The average molecular weight is 375 g/mol. The number of pyridine rings is 1. The van der Waals surface area contributed by atoms with Crippen molar-refractivity contribution >= 4 is 39.3 Å². The van der Waals surface area contributed by atoms with Crippen LogP contribution >= 0.6 is 0 Å². The molecule has 2 aliphatic rings. The Bertz CT molecular complexity index is 967. The molecule has 0 spiro atoms. The molecule has 3 N–H and O–H groups in total. The number of rotatable bonds is 5. The minimum atomic E-state index is -3.21. The van der Waals surface area contributed by atoms with E-state index in [9.17, 15) is 13.4 Å². The van der Waals surface area contributed by atoms with Crippen LogP contribution < -0.4 is 10.2 Å². The maximum atomic E-state index is 12.0. The fourth-order valence-electron chi connectivity index (χ4n) is 3.79. The second-order valence-corrected chi connectivity index (χ2v) is 8.94. The summed E-state index contributed by atoms with van der Waals surface area (Å²) in [5.41, 5.74) is 3.31. The summed E-state index contributed by atoms with van der Waals surface area (Å²) in [5.74, 6) is 0.307. The van der Waals surface area contributed by atoms with Crippen LogP contribution in [0.2, 0.25) is 0 Å². The molecule has 2 aromatic heterocycles. The molecule has 0 saturated heterocycles. The average Bonchev–Trinajstić information content (AvgIpc) is 3.02. The molecule has 26 heavy (non-hydrogen) atoms. The largest absolute Gasteiger partial charge is 0.468 e. The molecule has 4 rings (SSSR count). The molecular formula is C16H22BN5O3S. The summed E-state index contributed by atoms with van der Waals surface area (Å²) in [5, 5.41) is 16.0. The van der Waals surface area contributed by atoms with Gasteiger partial charge in [0, 0.05) is 47.8 Å². The van der Waals surface area contributed by atoms with E-state index in [4.69, 9.17) is 0 Å². The number of aromatic nitrogens is 2. The summed E-state index contributed by atoms with van der Waals surface area (Å²) in [4.78, 5) is 9.00. The van der Waals surface area contributed by atoms with Gasteiger partial charge in [0.2, 0.25) is 10.0 Å². The first-order valence-electron chi connectivity index (χ1n) is 8.85. The molecule has 0 aromatic carbocycles. The summed E-state index contributed by atoms with van der Waals surface area (Å²) in [7, 11) is -2.31. The maximum absolute atomic E-state index is 12.0. The molecule has 0 unspecified atom stereocenters. The predicted octanol–water partition coefficient (Wildman–Crippen LogP) is 0.00790. The third kappa shape index (κ3) is 2.91. The zero-order valence-electron chi connectivity index (χ0n) is 14.8. The van der Waals surface area contributed by atoms with Gasteiger partial charge in [0.05, 0.1) is 11.5 Å². The Kier molecular flexibility index (Phi) is 4.28. The fourth-order valence-corrected chi connectivity index (χ4v) is 5.14. The molecule has 1 aliphatic heterocycles. The lowest BCUT2D eigenvalue weighted by Gasteiger charge is -2.39. The molecule has 8 nitrogen and oxygen atoms in total. The van der Waals surface area contributed by atoms with Crippen molar-refractivity contribution in [2.45, 2.75) is 32.2 Å². The lowest BCUT2D eigenvalue weighted by atomic mass is 9.65. The number of aromatic amines is 1. The number of nitrogens with one attached hydrogen (secondary N) is 2. The van der Waals surface area contributed by atoms with Crippen molar-refractivity contribution in [2.24, 2.45) is 11.0 Å². The molecule has 1 fully saturated rings. The summed E-state index contributed by atoms with van der Waals surface area (Å²) >= 11 is 0. The Morgan fingerprint density at radius 1 is 1.46 bits per heavy atom. The van der Waals surface area contributed by atoms with E-state index in [0.29, 0.717) is 19.3 Å². The van der Waals surface area contributed by atoms with Crippen molar-refractivity contribution in [3.8, 4) is 0 Å². The number of hydrogen-bond donors (Lipinski definition) is 3. The Morgan fingerprint density at radius 2 is 2.23 bits per heavy atom. The minimum Gasteiger partial charge on any atom is -0.428 e. The number of hydrazone groups is 1. The summed E-state index contributed by atoms with van der Waals surface area (Å²) < 4.78 is 26.7. The third-order valence-electron chi connectivity index (χ3n) is 5.11. The molecule has 0 atom stereocenters. The maximum Gasteiger partial charge on any atom is 0.468 e. The summed E-state index contributed by atoms with van der Waals surface area (Å²) in [6.45, 7) is 1.85. The summed E-state index contributed by atoms with van der Waals surface area (Å²) in [6.07, 6.45) is 5.53. The van der Waals surface area contributed by atoms with Gasteiger partial charge in [0.25, 0.3) is 0 Å². The number of sulfonamides is 1. The normalized spacial score (nSPS) is 23.0. The van der Waals surface area contributed by atoms with E-state index >= 15 is 0 Å². The van der Waals surface area contributed by atoms with E-state index in [1.54, 1.807) is 13.2 Å². The van der Waals surface area contributed by atoms with E-state index < -0.39 is 17.1 Å². The molecule has 1 aliphatic carbocycles. The second kappa shape index (κ2) is 6.36. The van der Waals surface area contributed by atoms with Gasteiger partial charge in [-0.3, -0.25) is 0 Å². The van der Waals surface area contributed by atoms with Crippen LogP contribution in [0.5, 0.6) is 0 Å². The van der Waals surface area contributed by atoms with Crippen LogP contribution in [0, 0.1) is 5.92 Å². The van der Waals surface area contributed by atoms with E-state index in [1.807, 2.05) is 19.2 Å². The minimum absolute atomic E-state index is 0.0524. The van der Waals surface area contributed by atoms with E-state index in [2.05, 4.69) is 19.8 Å². The van der Waals surface area contributed by atoms with Gasteiger partial charge in [-0.25, -0.2) is 18.1 Å². The molecule has 0 bridgehead atoms. The Morgan fingerprint density at radius 3 is 2.96 bits per heavy atom. The second-order valence-electron chi connectivity index (χ2n) is 7.06. The van der Waals surface area contributed by atoms with Crippen LogP contribution in [-0.2, 0) is 10.0 Å². The predicted molar refractivity (Wildman–Crippen MR) is 102 cm³/mol. The molecule has 138 valence electrons. The Hall–Kier alpha value is -1.91. The van der Waals surface area contributed by atoms with Crippen molar-refractivity contribution in [3.05, 3.63) is 24.0 Å². The standard InChI is InChI=1S/C16H22BN5O3S/c1-3-6-26(24,25)21-11-7-10(8-11)15-14-12-4-5-18-16(12)19-9-13(14)17(23)22(2)20-15/h4-5,9-11,21,23H,3,6-8H2,1-2H3,(H,18,19). The number of hydrogen-bond acceptors (Lipinski definition) is 6. The number of H-pyrrole nitrogens is 1. The first kappa shape index (κ1) is 17.5. The van der Waals surface area contributed by atoms with Gasteiger partial charge < -0.3 is 14.9 Å². The highest BCUT2D eigenvalue weighted by Crippen LogP contribution is 2.34. The molecule has 2 aromatic rings. The lowest BCUT2D eigenvalue weighted by Crippen LogP contribution is -2.54. The fraction of sp³-hybridized carbons (Fsp3) is 0.500. The third-order valence-corrected chi connectivity index (χ3v) is 6.75. The SMILES string of the molecule is CCCS(=O)(=O)NC1CC(C2=NN(C)B(O)c3cnc4[nH]ccc4c32)C1. The van der Waals surface area contributed by atoms with Crippen LogP contribution in [0.15, 0.2) is 23.6 Å². The van der Waals surface area contributed by atoms with Crippen LogP contribution in [0.4, 0.5) is 0 Å².